The monoisotopic (exact) mass is 528 g/mol. The van der Waals surface area contributed by atoms with E-state index in [1.807, 2.05) is 24.3 Å². The molecule has 2 aliphatic heterocycles. The predicted octanol–water partition coefficient (Wildman–Crippen LogP) is 4.65. The largest absolute Gasteiger partial charge is 0.393 e. The van der Waals surface area contributed by atoms with Crippen molar-refractivity contribution in [2.24, 2.45) is 0 Å². The average molecular weight is 529 g/mol. The van der Waals surface area contributed by atoms with E-state index in [-0.39, 0.29) is 30.3 Å². The SMILES string of the molecule is Cc1c(-c2ccc(C(=O)NC3CCC(O)CC3)cc2)nc2n1CCc1ccccc1C2OC1CCN(C)CC1. The zero-order chi connectivity index (χ0) is 26.9. The maximum absolute atomic E-state index is 12.9. The van der Waals surface area contributed by atoms with Crippen molar-refractivity contribution in [1.82, 2.24) is 19.8 Å². The van der Waals surface area contributed by atoms with Gasteiger partial charge in [0.1, 0.15) is 11.9 Å². The van der Waals surface area contributed by atoms with E-state index in [0.29, 0.717) is 5.56 Å². The third kappa shape index (κ3) is 5.53. The van der Waals surface area contributed by atoms with Crippen LogP contribution in [0.25, 0.3) is 11.3 Å². The normalized spacial score (nSPS) is 24.0. The van der Waals surface area contributed by atoms with Gasteiger partial charge in [0, 0.05) is 42.5 Å². The first-order chi connectivity index (χ1) is 19.0. The second-order valence-corrected chi connectivity index (χ2v) is 11.6. The molecule has 3 heterocycles. The molecule has 7 nitrogen and oxygen atoms in total. The summed E-state index contributed by atoms with van der Waals surface area (Å²) in [7, 11) is 2.18. The number of hydrogen-bond donors (Lipinski definition) is 2. The highest BCUT2D eigenvalue weighted by Gasteiger charge is 2.32. The first-order valence-electron chi connectivity index (χ1n) is 14.5. The van der Waals surface area contributed by atoms with Crippen LogP contribution < -0.4 is 5.32 Å². The molecule has 3 aliphatic rings. The second-order valence-electron chi connectivity index (χ2n) is 11.6. The number of carbonyl (C=O) groups excluding carboxylic acids is 1. The number of piperidine rings is 1. The Morgan fingerprint density at radius 2 is 1.69 bits per heavy atom. The van der Waals surface area contributed by atoms with Crippen molar-refractivity contribution in [1.29, 1.82) is 0 Å². The van der Waals surface area contributed by atoms with Crippen LogP contribution in [0.3, 0.4) is 0 Å². The molecule has 7 heteroatoms. The Bertz CT molecular complexity index is 1300. The molecule has 3 aromatic rings. The van der Waals surface area contributed by atoms with Crippen molar-refractivity contribution in [3.63, 3.8) is 0 Å². The van der Waals surface area contributed by atoms with Crippen LogP contribution in [-0.4, -0.2) is 63.9 Å². The van der Waals surface area contributed by atoms with Crippen LogP contribution in [0.2, 0.25) is 0 Å². The Balaban J connectivity index is 1.26. The average Bonchev–Trinajstić information content (AvgIpc) is 3.20. The Hall–Kier alpha value is -3.00. The Labute approximate surface area is 231 Å². The van der Waals surface area contributed by atoms with Crippen LogP contribution >= 0.6 is 0 Å². The van der Waals surface area contributed by atoms with Crippen LogP contribution in [0.1, 0.15) is 77.6 Å². The molecule has 39 heavy (non-hydrogen) atoms. The van der Waals surface area contributed by atoms with Gasteiger partial charge in [0.05, 0.1) is 17.9 Å². The molecule has 1 unspecified atom stereocenters. The maximum Gasteiger partial charge on any atom is 0.251 e. The number of aliphatic hydroxyl groups is 1. The van der Waals surface area contributed by atoms with Crippen molar-refractivity contribution in [2.75, 3.05) is 20.1 Å². The van der Waals surface area contributed by atoms with Gasteiger partial charge in [0.15, 0.2) is 0 Å². The van der Waals surface area contributed by atoms with Crippen molar-refractivity contribution in [2.45, 2.75) is 82.8 Å². The number of benzene rings is 2. The van der Waals surface area contributed by atoms with Gasteiger partial charge in [-0.1, -0.05) is 36.4 Å². The number of imidazole rings is 1. The summed E-state index contributed by atoms with van der Waals surface area (Å²) in [6, 6.07) is 16.6. The first kappa shape index (κ1) is 26.2. The molecule has 206 valence electrons. The van der Waals surface area contributed by atoms with E-state index < -0.39 is 0 Å². The van der Waals surface area contributed by atoms with Gasteiger partial charge >= 0.3 is 0 Å². The third-order valence-corrected chi connectivity index (χ3v) is 8.87. The molecule has 0 spiro atoms. The lowest BCUT2D eigenvalue weighted by Gasteiger charge is -2.32. The minimum Gasteiger partial charge on any atom is -0.393 e. The number of aromatic nitrogens is 2. The van der Waals surface area contributed by atoms with E-state index in [2.05, 4.69) is 53.0 Å². The molecule has 1 saturated heterocycles. The van der Waals surface area contributed by atoms with Gasteiger partial charge in [-0.15, -0.1) is 0 Å². The van der Waals surface area contributed by atoms with Crippen molar-refractivity contribution < 1.29 is 14.6 Å². The molecular formula is C32H40N4O3. The number of hydrogen-bond acceptors (Lipinski definition) is 5. The predicted molar refractivity (Wildman–Crippen MR) is 152 cm³/mol. The molecule has 1 aromatic heterocycles. The van der Waals surface area contributed by atoms with E-state index in [0.717, 1.165) is 87.4 Å². The molecule has 0 bridgehead atoms. The van der Waals surface area contributed by atoms with E-state index in [4.69, 9.17) is 9.72 Å². The molecule has 1 aliphatic carbocycles. The third-order valence-electron chi connectivity index (χ3n) is 8.87. The summed E-state index contributed by atoms with van der Waals surface area (Å²) in [6.07, 6.45) is 5.97. The van der Waals surface area contributed by atoms with Crippen molar-refractivity contribution >= 4 is 5.91 Å². The Morgan fingerprint density at radius 1 is 0.974 bits per heavy atom. The molecule has 2 aromatic carbocycles. The number of fused-ring (bicyclic) bond motifs is 2. The lowest BCUT2D eigenvalue weighted by atomic mass is 9.93. The number of nitrogens with zero attached hydrogens (tertiary/aromatic N) is 3. The van der Waals surface area contributed by atoms with Gasteiger partial charge in [-0.05, 0) is 82.2 Å². The summed E-state index contributed by atoms with van der Waals surface area (Å²) in [4.78, 5) is 20.5. The highest BCUT2D eigenvalue weighted by atomic mass is 16.5. The summed E-state index contributed by atoms with van der Waals surface area (Å²) in [5.74, 6) is 0.927. The molecule has 0 radical (unpaired) electrons. The number of carbonyl (C=O) groups is 1. The molecule has 2 fully saturated rings. The van der Waals surface area contributed by atoms with Gasteiger partial charge in [0.2, 0.25) is 0 Å². The number of aliphatic hydroxyl groups excluding tert-OH is 1. The second kappa shape index (κ2) is 11.2. The van der Waals surface area contributed by atoms with Gasteiger partial charge in [0.25, 0.3) is 5.91 Å². The van der Waals surface area contributed by atoms with E-state index in [1.165, 1.54) is 11.1 Å². The van der Waals surface area contributed by atoms with Crippen LogP contribution in [0.5, 0.6) is 0 Å². The zero-order valence-electron chi connectivity index (χ0n) is 23.1. The molecule has 2 N–H and O–H groups in total. The molecule has 1 amide bonds. The molecule has 1 saturated carbocycles. The van der Waals surface area contributed by atoms with Crippen molar-refractivity contribution in [3.8, 4) is 11.3 Å². The number of aryl methyl sites for hydroxylation is 1. The minimum absolute atomic E-state index is 0.0523. The fraction of sp³-hybridized carbons (Fsp3) is 0.500. The molecular weight excluding hydrogens is 488 g/mol. The fourth-order valence-corrected chi connectivity index (χ4v) is 6.42. The van der Waals surface area contributed by atoms with E-state index >= 15 is 0 Å². The number of ether oxygens (including phenoxy) is 1. The smallest absolute Gasteiger partial charge is 0.251 e. The summed E-state index contributed by atoms with van der Waals surface area (Å²) < 4.78 is 9.21. The van der Waals surface area contributed by atoms with Gasteiger partial charge in [-0.25, -0.2) is 4.98 Å². The van der Waals surface area contributed by atoms with Gasteiger partial charge < -0.3 is 24.6 Å². The Morgan fingerprint density at radius 3 is 2.44 bits per heavy atom. The number of nitrogens with one attached hydrogen (secondary N) is 1. The topological polar surface area (TPSA) is 79.6 Å². The maximum atomic E-state index is 12.9. The van der Waals surface area contributed by atoms with Crippen LogP contribution in [0, 0.1) is 6.92 Å². The van der Waals surface area contributed by atoms with Crippen LogP contribution in [0.15, 0.2) is 48.5 Å². The minimum atomic E-state index is -0.228. The van der Waals surface area contributed by atoms with Crippen LogP contribution in [-0.2, 0) is 17.7 Å². The van der Waals surface area contributed by atoms with Gasteiger partial charge in [-0.3, -0.25) is 4.79 Å². The summed E-state index contributed by atoms with van der Waals surface area (Å²) in [5, 5.41) is 12.9. The van der Waals surface area contributed by atoms with Crippen molar-refractivity contribution in [3.05, 3.63) is 76.7 Å². The standard InChI is InChI=1S/C32H40N4O3/c1-21-29(23-7-9-24(10-8-23)32(38)33-25-11-13-26(37)14-12-25)34-31-30(39-27-16-18-35(2)19-17-27)28-6-4-3-5-22(28)15-20-36(21)31/h3-10,25-27,30,37H,11-20H2,1-2H3,(H,33,38). The first-order valence-corrected chi connectivity index (χ1v) is 14.5. The van der Waals surface area contributed by atoms with Crippen LogP contribution in [0.4, 0.5) is 0 Å². The highest BCUT2D eigenvalue weighted by molar-refractivity contribution is 5.94. The zero-order valence-corrected chi connectivity index (χ0v) is 23.1. The Kier molecular flexibility index (Phi) is 7.56. The quantitative estimate of drug-likeness (QED) is 0.504. The summed E-state index contributed by atoms with van der Waals surface area (Å²) >= 11 is 0. The molecule has 1 atom stereocenters. The van der Waals surface area contributed by atoms with Gasteiger partial charge in [-0.2, -0.15) is 0 Å². The highest BCUT2D eigenvalue weighted by Crippen LogP contribution is 2.37. The lowest BCUT2D eigenvalue weighted by Crippen LogP contribution is -2.38. The fourth-order valence-electron chi connectivity index (χ4n) is 6.42. The number of rotatable bonds is 5. The number of amides is 1. The number of likely N-dealkylation sites (tertiary alicyclic amines) is 1. The van der Waals surface area contributed by atoms with E-state index in [9.17, 15) is 9.90 Å². The summed E-state index contributed by atoms with van der Waals surface area (Å²) in [5.41, 5.74) is 6.32. The lowest BCUT2D eigenvalue weighted by molar-refractivity contribution is -0.0276. The van der Waals surface area contributed by atoms with E-state index in [1.54, 1.807) is 0 Å². The summed E-state index contributed by atoms with van der Waals surface area (Å²) in [6.45, 7) is 5.13. The molecule has 6 rings (SSSR count).